The van der Waals surface area contributed by atoms with Crippen molar-refractivity contribution < 1.29 is 14.6 Å². The third-order valence-electron chi connectivity index (χ3n) is 3.63. The number of ether oxygens (including phenoxy) is 1. The van der Waals surface area contributed by atoms with E-state index in [0.717, 1.165) is 19.3 Å². The highest BCUT2D eigenvalue weighted by Crippen LogP contribution is 2.27. The molecule has 2 rings (SSSR count). The topological polar surface area (TPSA) is 58.6 Å². The fraction of sp³-hybridized carbons (Fsp3) is 0.500. The van der Waals surface area contributed by atoms with E-state index in [9.17, 15) is 9.90 Å². The second-order valence-electron chi connectivity index (χ2n) is 4.87. The van der Waals surface area contributed by atoms with Gasteiger partial charge in [0.2, 0.25) is 0 Å². The van der Waals surface area contributed by atoms with Crippen LogP contribution < -0.4 is 10.1 Å². The van der Waals surface area contributed by atoms with E-state index < -0.39 is 0 Å². The van der Waals surface area contributed by atoms with Gasteiger partial charge in [0.25, 0.3) is 5.91 Å². The third kappa shape index (κ3) is 2.58. The highest BCUT2D eigenvalue weighted by atomic mass is 16.5. The maximum atomic E-state index is 12.1. The van der Waals surface area contributed by atoms with Gasteiger partial charge in [0.05, 0.1) is 12.7 Å². The minimum absolute atomic E-state index is 0.0440. The van der Waals surface area contributed by atoms with E-state index in [1.807, 2.05) is 0 Å². The Balaban J connectivity index is 2.09. The van der Waals surface area contributed by atoms with Crippen LogP contribution in [0.4, 0.5) is 0 Å². The Morgan fingerprint density at radius 1 is 1.44 bits per heavy atom. The summed E-state index contributed by atoms with van der Waals surface area (Å²) in [5, 5.41) is 12.8. The minimum atomic E-state index is -0.214. The molecule has 1 aliphatic rings. The van der Waals surface area contributed by atoms with Crippen molar-refractivity contribution in [1.29, 1.82) is 0 Å². The van der Waals surface area contributed by atoms with Gasteiger partial charge in [-0.1, -0.05) is 13.3 Å². The molecule has 1 aromatic carbocycles. The molecule has 0 aliphatic heterocycles. The maximum absolute atomic E-state index is 12.1. The second kappa shape index (κ2) is 5.29. The first kappa shape index (κ1) is 12.7. The van der Waals surface area contributed by atoms with Gasteiger partial charge >= 0.3 is 0 Å². The van der Waals surface area contributed by atoms with E-state index >= 15 is 0 Å². The lowest BCUT2D eigenvalue weighted by Gasteiger charge is -2.17. The number of hydrogen-bond acceptors (Lipinski definition) is 3. The van der Waals surface area contributed by atoms with Gasteiger partial charge in [-0.3, -0.25) is 4.79 Å². The van der Waals surface area contributed by atoms with E-state index in [1.54, 1.807) is 12.1 Å². The zero-order valence-electron chi connectivity index (χ0n) is 10.8. The molecule has 2 N–H and O–H groups in total. The molecular weight excluding hydrogens is 230 g/mol. The highest BCUT2D eigenvalue weighted by molar-refractivity contribution is 5.97. The van der Waals surface area contributed by atoms with Crippen LogP contribution in [0.2, 0.25) is 0 Å². The number of aromatic hydroxyl groups is 1. The molecule has 0 spiro atoms. The predicted molar refractivity (Wildman–Crippen MR) is 68.9 cm³/mol. The van der Waals surface area contributed by atoms with Crippen LogP contribution in [0.25, 0.3) is 0 Å². The summed E-state index contributed by atoms with van der Waals surface area (Å²) in [7, 11) is 1.52. The number of benzene rings is 1. The van der Waals surface area contributed by atoms with Gasteiger partial charge in [0.1, 0.15) is 11.5 Å². The number of amides is 1. The van der Waals surface area contributed by atoms with Crippen molar-refractivity contribution in [2.75, 3.05) is 7.11 Å². The van der Waals surface area contributed by atoms with E-state index in [2.05, 4.69) is 12.2 Å². The molecular formula is C14H19NO3. The van der Waals surface area contributed by atoms with Crippen molar-refractivity contribution in [2.24, 2.45) is 5.92 Å². The van der Waals surface area contributed by atoms with Gasteiger partial charge in [-0.05, 0) is 30.9 Å². The Morgan fingerprint density at radius 2 is 2.22 bits per heavy atom. The molecule has 2 unspecified atom stereocenters. The van der Waals surface area contributed by atoms with Crippen LogP contribution in [0.1, 0.15) is 36.5 Å². The number of carbonyl (C=O) groups excluding carboxylic acids is 1. The van der Waals surface area contributed by atoms with Crippen LogP contribution in [-0.2, 0) is 0 Å². The molecule has 4 nitrogen and oxygen atoms in total. The number of phenols is 1. The molecule has 0 bridgehead atoms. The van der Waals surface area contributed by atoms with E-state index in [-0.39, 0.29) is 17.7 Å². The van der Waals surface area contributed by atoms with Gasteiger partial charge in [-0.25, -0.2) is 0 Å². The SMILES string of the molecule is COc1ccc(C(=O)NC2CCCC2C)c(O)c1. The maximum Gasteiger partial charge on any atom is 0.255 e. The summed E-state index contributed by atoms with van der Waals surface area (Å²) >= 11 is 0. The first-order valence-electron chi connectivity index (χ1n) is 6.29. The Hall–Kier alpha value is -1.71. The van der Waals surface area contributed by atoms with Crippen molar-refractivity contribution in [1.82, 2.24) is 5.32 Å². The van der Waals surface area contributed by atoms with Gasteiger partial charge in [-0.15, -0.1) is 0 Å². The normalized spacial score (nSPS) is 22.8. The number of nitrogens with one attached hydrogen (secondary N) is 1. The molecule has 1 aliphatic carbocycles. The third-order valence-corrected chi connectivity index (χ3v) is 3.63. The van der Waals surface area contributed by atoms with Gasteiger partial charge in [0, 0.05) is 12.1 Å². The van der Waals surface area contributed by atoms with Crippen LogP contribution >= 0.6 is 0 Å². The second-order valence-corrected chi connectivity index (χ2v) is 4.87. The monoisotopic (exact) mass is 249 g/mol. The number of rotatable bonds is 3. The summed E-state index contributed by atoms with van der Waals surface area (Å²) < 4.78 is 4.99. The summed E-state index contributed by atoms with van der Waals surface area (Å²) in [5.41, 5.74) is 0.301. The first-order valence-corrected chi connectivity index (χ1v) is 6.29. The lowest BCUT2D eigenvalue weighted by Crippen LogP contribution is -2.36. The van der Waals surface area contributed by atoms with Crippen molar-refractivity contribution in [3.63, 3.8) is 0 Å². The molecule has 2 atom stereocenters. The molecule has 0 radical (unpaired) electrons. The minimum Gasteiger partial charge on any atom is -0.507 e. The molecule has 0 aromatic heterocycles. The largest absolute Gasteiger partial charge is 0.507 e. The molecule has 0 saturated heterocycles. The lowest BCUT2D eigenvalue weighted by molar-refractivity contribution is 0.0927. The average molecular weight is 249 g/mol. The molecule has 1 aromatic rings. The quantitative estimate of drug-likeness (QED) is 0.864. The van der Waals surface area contributed by atoms with E-state index in [1.165, 1.54) is 13.2 Å². The van der Waals surface area contributed by atoms with Crippen LogP contribution in [0.5, 0.6) is 11.5 Å². The van der Waals surface area contributed by atoms with Crippen molar-refractivity contribution in [3.8, 4) is 11.5 Å². The van der Waals surface area contributed by atoms with Crippen molar-refractivity contribution in [3.05, 3.63) is 23.8 Å². The van der Waals surface area contributed by atoms with Crippen LogP contribution in [0.3, 0.4) is 0 Å². The number of hydrogen-bond donors (Lipinski definition) is 2. The molecule has 1 fully saturated rings. The van der Waals surface area contributed by atoms with E-state index in [4.69, 9.17) is 4.74 Å². The number of methoxy groups -OCH3 is 1. The number of phenolic OH excluding ortho intramolecular Hbond substituents is 1. The summed E-state index contributed by atoms with van der Waals surface area (Å²) in [6.07, 6.45) is 3.32. The predicted octanol–water partition coefficient (Wildman–Crippen LogP) is 2.32. The zero-order chi connectivity index (χ0) is 13.1. The molecule has 98 valence electrons. The fourth-order valence-electron chi connectivity index (χ4n) is 2.44. The zero-order valence-corrected chi connectivity index (χ0v) is 10.8. The summed E-state index contributed by atoms with van der Waals surface area (Å²) in [4.78, 5) is 12.1. The summed E-state index contributed by atoms with van der Waals surface area (Å²) in [6.45, 7) is 2.14. The Bertz CT molecular complexity index is 445. The fourth-order valence-corrected chi connectivity index (χ4v) is 2.44. The van der Waals surface area contributed by atoms with Gasteiger partial charge in [-0.2, -0.15) is 0 Å². The Labute approximate surface area is 107 Å². The Morgan fingerprint density at radius 3 is 2.78 bits per heavy atom. The molecule has 0 heterocycles. The smallest absolute Gasteiger partial charge is 0.255 e. The molecule has 1 amide bonds. The van der Waals surface area contributed by atoms with Crippen LogP contribution in [-0.4, -0.2) is 24.2 Å². The molecule has 1 saturated carbocycles. The summed E-state index contributed by atoms with van der Waals surface area (Å²) in [6, 6.07) is 4.93. The van der Waals surface area contributed by atoms with Crippen LogP contribution in [0.15, 0.2) is 18.2 Å². The summed E-state index contributed by atoms with van der Waals surface area (Å²) in [5.74, 6) is 0.791. The van der Waals surface area contributed by atoms with Crippen molar-refractivity contribution in [2.45, 2.75) is 32.2 Å². The number of carbonyl (C=O) groups is 1. The van der Waals surface area contributed by atoms with Crippen molar-refractivity contribution >= 4 is 5.91 Å². The highest BCUT2D eigenvalue weighted by Gasteiger charge is 2.25. The van der Waals surface area contributed by atoms with E-state index in [0.29, 0.717) is 17.2 Å². The molecule has 18 heavy (non-hydrogen) atoms. The lowest BCUT2D eigenvalue weighted by atomic mass is 10.1. The Kier molecular flexibility index (Phi) is 3.75. The van der Waals surface area contributed by atoms with Gasteiger partial charge < -0.3 is 15.2 Å². The standard InChI is InChI=1S/C14H19NO3/c1-9-4-3-5-12(9)15-14(17)11-7-6-10(18-2)8-13(11)16/h6-9,12,16H,3-5H2,1-2H3,(H,15,17). The average Bonchev–Trinajstić information content (AvgIpc) is 2.74. The molecule has 4 heteroatoms. The first-order chi connectivity index (χ1) is 8.61. The van der Waals surface area contributed by atoms with Gasteiger partial charge in [0.15, 0.2) is 0 Å². The van der Waals surface area contributed by atoms with Crippen LogP contribution in [0, 0.1) is 5.92 Å².